The third kappa shape index (κ3) is 3.11. The molecule has 1 heterocycles. The quantitative estimate of drug-likeness (QED) is 0.841. The number of ether oxygens (including phenoxy) is 1. The molecule has 0 unspecified atom stereocenters. The van der Waals surface area contributed by atoms with Crippen molar-refractivity contribution >= 4 is 10.0 Å². The Morgan fingerprint density at radius 2 is 2.16 bits per heavy atom. The first kappa shape index (κ1) is 14.4. The molecule has 7 heteroatoms. The van der Waals surface area contributed by atoms with Crippen LogP contribution in [-0.2, 0) is 14.8 Å². The largest absolute Gasteiger partial charge is 0.378 e. The fraction of sp³-hybridized carbons (Fsp3) is 0.500. The minimum Gasteiger partial charge on any atom is -0.378 e. The summed E-state index contributed by atoms with van der Waals surface area (Å²) in [6.45, 7) is 2.68. The Bertz CT molecular complexity index is 562. The van der Waals surface area contributed by atoms with Gasteiger partial charge in [0.25, 0.3) is 0 Å². The van der Waals surface area contributed by atoms with Crippen molar-refractivity contribution in [3.8, 4) is 0 Å². The molecule has 0 bridgehead atoms. The zero-order chi connectivity index (χ0) is 14.0. The molecule has 0 aliphatic carbocycles. The van der Waals surface area contributed by atoms with E-state index < -0.39 is 15.8 Å². The maximum atomic E-state index is 13.0. The van der Waals surface area contributed by atoms with E-state index in [4.69, 9.17) is 4.74 Å². The molecule has 19 heavy (non-hydrogen) atoms. The van der Waals surface area contributed by atoms with Crippen LogP contribution >= 0.6 is 0 Å². The Hall–Kier alpha value is -1.02. The third-order valence-corrected chi connectivity index (χ3v) is 4.84. The smallest absolute Gasteiger partial charge is 0.241 e. The second-order valence-corrected chi connectivity index (χ2v) is 6.25. The number of aryl methyl sites for hydroxylation is 1. The Kier molecular flexibility index (Phi) is 4.19. The Morgan fingerprint density at radius 3 is 2.79 bits per heavy atom. The predicted molar refractivity (Wildman–Crippen MR) is 68.9 cm³/mol. The zero-order valence-corrected chi connectivity index (χ0v) is 11.6. The van der Waals surface area contributed by atoms with Gasteiger partial charge >= 0.3 is 0 Å². The molecule has 1 saturated heterocycles. The molecular formula is C12H17FN2O3S. The molecule has 5 nitrogen and oxygen atoms in total. The summed E-state index contributed by atoms with van der Waals surface area (Å²) in [4.78, 5) is 0.0932. The number of rotatable bonds is 4. The van der Waals surface area contributed by atoms with Crippen molar-refractivity contribution < 1.29 is 17.5 Å². The van der Waals surface area contributed by atoms with Gasteiger partial charge in [-0.2, -0.15) is 0 Å². The van der Waals surface area contributed by atoms with E-state index in [0.717, 1.165) is 6.07 Å². The molecule has 1 aromatic rings. The summed E-state index contributed by atoms with van der Waals surface area (Å²) < 4.78 is 45.3. The van der Waals surface area contributed by atoms with Crippen molar-refractivity contribution in [3.63, 3.8) is 0 Å². The van der Waals surface area contributed by atoms with E-state index in [1.807, 2.05) is 0 Å². The second-order valence-electron chi connectivity index (χ2n) is 4.57. The highest BCUT2D eigenvalue weighted by atomic mass is 32.2. The molecule has 0 radical (unpaired) electrons. The predicted octanol–water partition coefficient (Wildman–Crippen LogP) is 0.399. The number of benzene rings is 1. The molecule has 106 valence electrons. The van der Waals surface area contributed by atoms with Crippen LogP contribution in [0.1, 0.15) is 5.56 Å². The molecule has 0 aromatic heterocycles. The van der Waals surface area contributed by atoms with Crippen LogP contribution in [0.5, 0.6) is 0 Å². The van der Waals surface area contributed by atoms with E-state index in [1.165, 1.54) is 12.1 Å². The Labute approximate surface area is 112 Å². The van der Waals surface area contributed by atoms with E-state index in [1.54, 1.807) is 14.0 Å². The SMILES string of the molecule is CO[C@H]1CNC[C@@H]1NS(=O)(=O)c1ccc(F)cc1C. The number of sulfonamides is 1. The highest BCUT2D eigenvalue weighted by Gasteiger charge is 2.31. The second kappa shape index (κ2) is 5.54. The monoisotopic (exact) mass is 288 g/mol. The number of halogens is 1. The standard InChI is InChI=1S/C12H17FN2O3S/c1-8-5-9(13)3-4-12(8)19(16,17)15-10-6-14-7-11(10)18-2/h3-5,10-11,14-15H,6-7H2,1-2H3/t10-,11-/m0/s1. The molecule has 2 rings (SSSR count). The van der Waals surface area contributed by atoms with Gasteiger partial charge in [0.1, 0.15) is 5.82 Å². The van der Waals surface area contributed by atoms with Gasteiger partial charge in [0.05, 0.1) is 17.0 Å². The molecule has 2 N–H and O–H groups in total. The Balaban J connectivity index is 2.23. The molecule has 1 aliphatic rings. The average molecular weight is 288 g/mol. The Morgan fingerprint density at radius 1 is 1.42 bits per heavy atom. The normalized spacial score (nSPS) is 23.7. The lowest BCUT2D eigenvalue weighted by Gasteiger charge is -2.19. The van der Waals surface area contributed by atoms with Crippen molar-refractivity contribution in [3.05, 3.63) is 29.6 Å². The molecule has 0 saturated carbocycles. The molecule has 1 fully saturated rings. The zero-order valence-electron chi connectivity index (χ0n) is 10.8. The van der Waals surface area contributed by atoms with Crippen molar-refractivity contribution in [2.75, 3.05) is 20.2 Å². The first-order valence-corrected chi connectivity index (χ1v) is 7.44. The maximum Gasteiger partial charge on any atom is 0.241 e. The third-order valence-electron chi connectivity index (χ3n) is 3.19. The van der Waals surface area contributed by atoms with Gasteiger partial charge in [0.15, 0.2) is 0 Å². The number of nitrogens with one attached hydrogen (secondary N) is 2. The summed E-state index contributed by atoms with van der Waals surface area (Å²) in [5, 5.41) is 3.06. The van der Waals surface area contributed by atoms with Crippen LogP contribution in [0.25, 0.3) is 0 Å². The van der Waals surface area contributed by atoms with Crippen LogP contribution in [0.3, 0.4) is 0 Å². The van der Waals surface area contributed by atoms with Crippen LogP contribution in [0, 0.1) is 12.7 Å². The van der Waals surface area contributed by atoms with Gasteiger partial charge in [-0.15, -0.1) is 0 Å². The minimum absolute atomic E-state index is 0.0932. The first-order valence-electron chi connectivity index (χ1n) is 5.96. The van der Waals surface area contributed by atoms with Crippen LogP contribution in [-0.4, -0.2) is 40.8 Å². The number of hydrogen-bond acceptors (Lipinski definition) is 4. The molecular weight excluding hydrogens is 271 g/mol. The van der Waals surface area contributed by atoms with E-state index in [-0.39, 0.29) is 17.0 Å². The summed E-state index contributed by atoms with van der Waals surface area (Å²) in [5.41, 5.74) is 0.382. The lowest BCUT2D eigenvalue weighted by Crippen LogP contribution is -2.43. The average Bonchev–Trinajstić information content (AvgIpc) is 2.74. The topological polar surface area (TPSA) is 67.4 Å². The fourth-order valence-corrected chi connectivity index (χ4v) is 3.69. The van der Waals surface area contributed by atoms with Gasteiger partial charge in [-0.05, 0) is 30.7 Å². The lowest BCUT2D eigenvalue weighted by atomic mass is 10.2. The van der Waals surface area contributed by atoms with Crippen molar-refractivity contribution in [2.24, 2.45) is 0 Å². The summed E-state index contributed by atoms with van der Waals surface area (Å²) in [5.74, 6) is -0.450. The van der Waals surface area contributed by atoms with Gasteiger partial charge in [0, 0.05) is 20.2 Å². The highest BCUT2D eigenvalue weighted by molar-refractivity contribution is 7.89. The minimum atomic E-state index is -3.67. The van der Waals surface area contributed by atoms with E-state index in [2.05, 4.69) is 10.0 Å². The molecule has 1 aliphatic heterocycles. The number of hydrogen-bond donors (Lipinski definition) is 2. The molecule has 1 aromatic carbocycles. The van der Waals surface area contributed by atoms with Crippen molar-refractivity contribution in [1.82, 2.24) is 10.0 Å². The summed E-state index contributed by atoms with van der Waals surface area (Å²) >= 11 is 0. The van der Waals surface area contributed by atoms with Gasteiger partial charge in [-0.25, -0.2) is 17.5 Å². The fourth-order valence-electron chi connectivity index (χ4n) is 2.20. The van der Waals surface area contributed by atoms with Crippen LogP contribution < -0.4 is 10.0 Å². The number of methoxy groups -OCH3 is 1. The molecule has 0 amide bonds. The van der Waals surface area contributed by atoms with E-state index >= 15 is 0 Å². The van der Waals surface area contributed by atoms with Gasteiger partial charge in [0.2, 0.25) is 10.0 Å². The van der Waals surface area contributed by atoms with Gasteiger partial charge < -0.3 is 10.1 Å². The van der Waals surface area contributed by atoms with Crippen LogP contribution in [0.4, 0.5) is 4.39 Å². The van der Waals surface area contributed by atoms with Crippen molar-refractivity contribution in [2.45, 2.75) is 24.0 Å². The summed E-state index contributed by atoms with van der Waals surface area (Å²) in [6.07, 6.45) is -0.199. The summed E-state index contributed by atoms with van der Waals surface area (Å²) in [6, 6.07) is 3.30. The lowest BCUT2D eigenvalue weighted by molar-refractivity contribution is 0.103. The van der Waals surface area contributed by atoms with E-state index in [9.17, 15) is 12.8 Å². The van der Waals surface area contributed by atoms with Gasteiger partial charge in [-0.3, -0.25) is 0 Å². The molecule has 2 atom stereocenters. The van der Waals surface area contributed by atoms with Crippen molar-refractivity contribution in [1.29, 1.82) is 0 Å². The summed E-state index contributed by atoms with van der Waals surface area (Å²) in [7, 11) is -2.13. The molecule has 0 spiro atoms. The van der Waals surface area contributed by atoms with Gasteiger partial charge in [-0.1, -0.05) is 0 Å². The highest BCUT2D eigenvalue weighted by Crippen LogP contribution is 2.17. The van der Waals surface area contributed by atoms with E-state index in [0.29, 0.717) is 18.7 Å². The van der Waals surface area contributed by atoms with Crippen LogP contribution in [0.2, 0.25) is 0 Å². The maximum absolute atomic E-state index is 13.0. The first-order chi connectivity index (χ1) is 8.94. The van der Waals surface area contributed by atoms with Crippen LogP contribution in [0.15, 0.2) is 23.1 Å².